The Bertz CT molecular complexity index is 900. The molecule has 0 saturated carbocycles. The van der Waals surface area contributed by atoms with Crippen LogP contribution in [-0.2, 0) is 4.79 Å². The molecule has 2 aromatic carbocycles. The van der Waals surface area contributed by atoms with Crippen molar-refractivity contribution in [3.05, 3.63) is 59.4 Å². The van der Waals surface area contributed by atoms with Gasteiger partial charge in [-0.1, -0.05) is 6.07 Å². The zero-order chi connectivity index (χ0) is 19.4. The van der Waals surface area contributed by atoms with Crippen molar-refractivity contribution in [1.82, 2.24) is 4.90 Å². The maximum absolute atomic E-state index is 12.9. The first-order valence-electron chi connectivity index (χ1n) is 8.44. The summed E-state index contributed by atoms with van der Waals surface area (Å²) in [6.07, 6.45) is 0. The standard InChI is InChI=1S/C20H18FN3O3/c1-13-2-3-15(20(26)24-10-14(9-22)11-24)8-18(13)23-19(25)12-27-17-6-4-16(21)5-7-17/h2-8,14H,10-12H2,1H3,(H,23,25). The molecule has 3 rings (SSSR count). The van der Waals surface area contributed by atoms with Crippen molar-refractivity contribution >= 4 is 17.5 Å². The molecule has 7 heteroatoms. The van der Waals surface area contributed by atoms with Crippen molar-refractivity contribution in [1.29, 1.82) is 5.26 Å². The van der Waals surface area contributed by atoms with Gasteiger partial charge in [-0.25, -0.2) is 4.39 Å². The molecule has 27 heavy (non-hydrogen) atoms. The van der Waals surface area contributed by atoms with Crippen molar-refractivity contribution in [3.8, 4) is 11.8 Å². The lowest BCUT2D eigenvalue weighted by Gasteiger charge is -2.35. The fourth-order valence-corrected chi connectivity index (χ4v) is 2.66. The summed E-state index contributed by atoms with van der Waals surface area (Å²) in [6.45, 7) is 2.44. The highest BCUT2D eigenvalue weighted by molar-refractivity contribution is 5.98. The van der Waals surface area contributed by atoms with E-state index in [4.69, 9.17) is 10.00 Å². The van der Waals surface area contributed by atoms with E-state index in [9.17, 15) is 14.0 Å². The second kappa shape index (κ2) is 7.87. The zero-order valence-corrected chi connectivity index (χ0v) is 14.7. The van der Waals surface area contributed by atoms with Gasteiger partial charge in [0.05, 0.1) is 12.0 Å². The summed E-state index contributed by atoms with van der Waals surface area (Å²) >= 11 is 0. The fourth-order valence-electron chi connectivity index (χ4n) is 2.66. The molecule has 0 aromatic heterocycles. The quantitative estimate of drug-likeness (QED) is 0.881. The summed E-state index contributed by atoms with van der Waals surface area (Å²) in [5, 5.41) is 11.5. The van der Waals surface area contributed by atoms with Crippen molar-refractivity contribution in [2.45, 2.75) is 6.92 Å². The van der Waals surface area contributed by atoms with Gasteiger partial charge >= 0.3 is 0 Å². The van der Waals surface area contributed by atoms with Crippen LogP contribution in [0, 0.1) is 30.0 Å². The lowest BCUT2D eigenvalue weighted by Crippen LogP contribution is -2.49. The van der Waals surface area contributed by atoms with Gasteiger partial charge in [0.25, 0.3) is 11.8 Å². The van der Waals surface area contributed by atoms with Crippen molar-refractivity contribution in [2.24, 2.45) is 5.92 Å². The third kappa shape index (κ3) is 4.42. The largest absolute Gasteiger partial charge is 0.484 e. The van der Waals surface area contributed by atoms with E-state index in [1.54, 1.807) is 23.1 Å². The predicted octanol–water partition coefficient (Wildman–Crippen LogP) is 2.75. The van der Waals surface area contributed by atoms with Crippen molar-refractivity contribution in [2.75, 3.05) is 25.0 Å². The fraction of sp³-hybridized carbons (Fsp3) is 0.250. The van der Waals surface area contributed by atoms with Crippen LogP contribution in [0.4, 0.5) is 10.1 Å². The van der Waals surface area contributed by atoms with Crippen LogP contribution < -0.4 is 10.1 Å². The van der Waals surface area contributed by atoms with Crippen molar-refractivity contribution < 1.29 is 18.7 Å². The van der Waals surface area contributed by atoms with Crippen LogP contribution in [0.3, 0.4) is 0 Å². The van der Waals surface area contributed by atoms with Gasteiger partial charge in [-0.05, 0) is 48.9 Å². The summed E-state index contributed by atoms with van der Waals surface area (Å²) in [5.74, 6) is -0.661. The van der Waals surface area contributed by atoms with Crippen LogP contribution in [0.5, 0.6) is 5.75 Å². The minimum absolute atomic E-state index is 0.109. The number of carbonyl (C=O) groups excluding carboxylic acids is 2. The molecule has 6 nitrogen and oxygen atoms in total. The molecule has 1 fully saturated rings. The molecule has 0 aliphatic carbocycles. The number of nitriles is 1. The molecular formula is C20H18FN3O3. The number of anilines is 1. The SMILES string of the molecule is Cc1ccc(C(=O)N2CC(C#N)C2)cc1NC(=O)COc1ccc(F)cc1. The summed E-state index contributed by atoms with van der Waals surface area (Å²) < 4.78 is 18.2. The lowest BCUT2D eigenvalue weighted by molar-refractivity contribution is -0.118. The van der Waals surface area contributed by atoms with E-state index in [0.29, 0.717) is 30.1 Å². The highest BCUT2D eigenvalue weighted by atomic mass is 19.1. The first kappa shape index (κ1) is 18.4. The lowest BCUT2D eigenvalue weighted by atomic mass is 10.00. The van der Waals surface area contributed by atoms with E-state index >= 15 is 0 Å². The molecule has 1 N–H and O–H groups in total. The van der Waals surface area contributed by atoms with E-state index < -0.39 is 0 Å². The second-order valence-corrected chi connectivity index (χ2v) is 6.36. The number of ether oxygens (including phenoxy) is 1. The van der Waals surface area contributed by atoms with Gasteiger partial charge in [-0.2, -0.15) is 5.26 Å². The van der Waals surface area contributed by atoms with E-state index in [0.717, 1.165) is 5.56 Å². The van der Waals surface area contributed by atoms with Gasteiger partial charge in [-0.15, -0.1) is 0 Å². The van der Waals surface area contributed by atoms with Gasteiger partial charge in [0.1, 0.15) is 11.6 Å². The Labute approximate surface area is 156 Å². The molecule has 0 radical (unpaired) electrons. The molecule has 1 saturated heterocycles. The maximum atomic E-state index is 12.9. The monoisotopic (exact) mass is 367 g/mol. The van der Waals surface area contributed by atoms with E-state index in [2.05, 4.69) is 11.4 Å². The molecule has 0 bridgehead atoms. The number of rotatable bonds is 5. The van der Waals surface area contributed by atoms with E-state index in [1.807, 2.05) is 6.92 Å². The molecule has 0 atom stereocenters. The number of hydrogen-bond acceptors (Lipinski definition) is 4. The number of nitrogens with one attached hydrogen (secondary N) is 1. The Balaban J connectivity index is 1.60. The molecule has 1 aliphatic rings. The smallest absolute Gasteiger partial charge is 0.262 e. The van der Waals surface area contributed by atoms with Crippen LogP contribution in [-0.4, -0.2) is 36.4 Å². The van der Waals surface area contributed by atoms with Gasteiger partial charge in [0.2, 0.25) is 0 Å². The Morgan fingerprint density at radius 1 is 1.26 bits per heavy atom. The minimum atomic E-state index is -0.388. The van der Waals surface area contributed by atoms with Crippen LogP contribution in [0.15, 0.2) is 42.5 Å². The third-order valence-corrected chi connectivity index (χ3v) is 4.29. The van der Waals surface area contributed by atoms with Gasteiger partial charge in [-0.3, -0.25) is 9.59 Å². The predicted molar refractivity (Wildman–Crippen MR) is 96.7 cm³/mol. The molecule has 2 aromatic rings. The highest BCUT2D eigenvalue weighted by Crippen LogP contribution is 2.22. The summed E-state index contributed by atoms with van der Waals surface area (Å²) in [6, 6.07) is 12.6. The minimum Gasteiger partial charge on any atom is -0.484 e. The Hall–Kier alpha value is -3.40. The third-order valence-electron chi connectivity index (χ3n) is 4.29. The molecular weight excluding hydrogens is 349 g/mol. The molecule has 0 spiro atoms. The second-order valence-electron chi connectivity index (χ2n) is 6.36. The number of hydrogen-bond donors (Lipinski definition) is 1. The van der Waals surface area contributed by atoms with E-state index in [1.165, 1.54) is 24.3 Å². The topological polar surface area (TPSA) is 82.4 Å². The van der Waals surface area contributed by atoms with Gasteiger partial charge in [0.15, 0.2) is 6.61 Å². The Kier molecular flexibility index (Phi) is 5.36. The number of benzene rings is 2. The number of amides is 2. The number of nitrogens with zero attached hydrogens (tertiary/aromatic N) is 2. The maximum Gasteiger partial charge on any atom is 0.262 e. The number of likely N-dealkylation sites (tertiary alicyclic amines) is 1. The first-order chi connectivity index (χ1) is 13.0. The van der Waals surface area contributed by atoms with E-state index in [-0.39, 0.29) is 30.2 Å². The molecule has 138 valence electrons. The first-order valence-corrected chi connectivity index (χ1v) is 8.44. The number of aryl methyl sites for hydroxylation is 1. The number of halogens is 1. The van der Waals surface area contributed by atoms with Gasteiger partial charge in [0, 0.05) is 24.3 Å². The molecule has 1 aliphatic heterocycles. The summed E-state index contributed by atoms with van der Waals surface area (Å²) in [4.78, 5) is 26.2. The molecule has 0 unspecified atom stereocenters. The highest BCUT2D eigenvalue weighted by Gasteiger charge is 2.31. The van der Waals surface area contributed by atoms with Crippen molar-refractivity contribution in [3.63, 3.8) is 0 Å². The Morgan fingerprint density at radius 2 is 1.96 bits per heavy atom. The van der Waals surface area contributed by atoms with Crippen LogP contribution in [0.25, 0.3) is 0 Å². The normalized spacial score (nSPS) is 13.4. The van der Waals surface area contributed by atoms with Crippen LogP contribution >= 0.6 is 0 Å². The molecule has 1 heterocycles. The number of carbonyl (C=O) groups is 2. The summed E-state index contributed by atoms with van der Waals surface area (Å²) in [5.41, 5.74) is 1.78. The average molecular weight is 367 g/mol. The average Bonchev–Trinajstić information content (AvgIpc) is 2.62. The zero-order valence-electron chi connectivity index (χ0n) is 14.7. The summed E-state index contributed by atoms with van der Waals surface area (Å²) in [7, 11) is 0. The van der Waals surface area contributed by atoms with Gasteiger partial charge < -0.3 is 15.0 Å². The Morgan fingerprint density at radius 3 is 2.63 bits per heavy atom. The molecule has 2 amide bonds. The van der Waals surface area contributed by atoms with Crippen LogP contribution in [0.2, 0.25) is 0 Å². The van der Waals surface area contributed by atoms with Crippen LogP contribution in [0.1, 0.15) is 15.9 Å².